The molecule has 2 aliphatic carbocycles. The summed E-state index contributed by atoms with van der Waals surface area (Å²) in [6.45, 7) is 1.97. The molecular formula is C14H19ClN2O2S. The molecular weight excluding hydrogens is 296 g/mol. The summed E-state index contributed by atoms with van der Waals surface area (Å²) in [5, 5.41) is 0.215. The molecule has 2 aliphatic rings. The van der Waals surface area contributed by atoms with Crippen LogP contribution in [0.15, 0.2) is 23.4 Å². The van der Waals surface area contributed by atoms with Crippen molar-refractivity contribution in [2.75, 3.05) is 0 Å². The van der Waals surface area contributed by atoms with Crippen LogP contribution in [0.2, 0.25) is 5.02 Å². The number of hydrogen-bond acceptors (Lipinski definition) is 3. The van der Waals surface area contributed by atoms with Gasteiger partial charge in [-0.25, -0.2) is 13.1 Å². The van der Waals surface area contributed by atoms with E-state index in [4.69, 9.17) is 11.6 Å². The molecule has 20 heavy (non-hydrogen) atoms. The summed E-state index contributed by atoms with van der Waals surface area (Å²) in [7, 11) is -3.59. The van der Waals surface area contributed by atoms with Crippen LogP contribution in [0, 0.1) is 17.8 Å². The second-order valence-electron chi connectivity index (χ2n) is 6.05. The highest BCUT2D eigenvalue weighted by Gasteiger charge is 2.42. The topological polar surface area (TPSA) is 59.1 Å². The summed E-state index contributed by atoms with van der Waals surface area (Å²) >= 11 is 5.96. The van der Waals surface area contributed by atoms with Crippen molar-refractivity contribution >= 4 is 21.6 Å². The number of fused-ring (bicyclic) bond motifs is 2. The van der Waals surface area contributed by atoms with Crippen LogP contribution in [0.4, 0.5) is 0 Å². The van der Waals surface area contributed by atoms with Gasteiger partial charge in [-0.3, -0.25) is 4.98 Å². The van der Waals surface area contributed by atoms with Crippen molar-refractivity contribution in [2.24, 2.45) is 17.8 Å². The highest BCUT2D eigenvalue weighted by atomic mass is 35.5. The minimum absolute atomic E-state index is 0.0495. The lowest BCUT2D eigenvalue weighted by atomic mass is 9.84. The number of nitrogens with zero attached hydrogens (tertiary/aromatic N) is 1. The Balaban J connectivity index is 1.75. The number of hydrogen-bond donors (Lipinski definition) is 1. The van der Waals surface area contributed by atoms with Gasteiger partial charge >= 0.3 is 0 Å². The molecule has 0 aliphatic heterocycles. The first kappa shape index (κ1) is 14.3. The normalized spacial score (nSPS) is 30.6. The number of aromatic nitrogens is 1. The second-order valence-corrected chi connectivity index (χ2v) is 8.14. The zero-order valence-corrected chi connectivity index (χ0v) is 13.0. The molecule has 2 fully saturated rings. The van der Waals surface area contributed by atoms with E-state index in [-0.39, 0.29) is 16.0 Å². The molecule has 4 atom stereocenters. The molecule has 0 spiro atoms. The van der Waals surface area contributed by atoms with Crippen LogP contribution >= 0.6 is 11.6 Å². The molecule has 3 rings (SSSR count). The van der Waals surface area contributed by atoms with Gasteiger partial charge in [-0.2, -0.15) is 0 Å². The van der Waals surface area contributed by atoms with Crippen molar-refractivity contribution in [1.29, 1.82) is 0 Å². The SMILES string of the molecule is CC(NS(=O)(=O)c1cnccc1Cl)C1CC2CCC1C2. The predicted octanol–water partition coefficient (Wildman–Crippen LogP) is 2.84. The number of nitrogens with one attached hydrogen (secondary N) is 1. The molecule has 1 aromatic rings. The van der Waals surface area contributed by atoms with E-state index < -0.39 is 10.0 Å². The summed E-state index contributed by atoms with van der Waals surface area (Å²) in [6.07, 6.45) is 7.77. The zero-order chi connectivity index (χ0) is 14.3. The lowest BCUT2D eigenvalue weighted by Crippen LogP contribution is -2.40. The van der Waals surface area contributed by atoms with Crippen LogP contribution < -0.4 is 4.72 Å². The summed E-state index contributed by atoms with van der Waals surface area (Å²) in [5.74, 6) is 1.94. The first-order valence-electron chi connectivity index (χ1n) is 7.09. The van der Waals surface area contributed by atoms with Crippen LogP contribution in [-0.4, -0.2) is 19.4 Å². The highest BCUT2D eigenvalue weighted by molar-refractivity contribution is 7.89. The van der Waals surface area contributed by atoms with Crippen molar-refractivity contribution < 1.29 is 8.42 Å². The largest absolute Gasteiger partial charge is 0.263 e. The minimum atomic E-state index is -3.59. The van der Waals surface area contributed by atoms with Crippen LogP contribution in [-0.2, 0) is 10.0 Å². The van der Waals surface area contributed by atoms with Crippen LogP contribution in [0.5, 0.6) is 0 Å². The fourth-order valence-electron chi connectivity index (χ4n) is 3.86. The van der Waals surface area contributed by atoms with Gasteiger partial charge in [-0.15, -0.1) is 0 Å². The van der Waals surface area contributed by atoms with Crippen molar-refractivity contribution in [1.82, 2.24) is 9.71 Å². The molecule has 4 unspecified atom stereocenters. The zero-order valence-electron chi connectivity index (χ0n) is 11.4. The highest BCUT2D eigenvalue weighted by Crippen LogP contribution is 2.49. The lowest BCUT2D eigenvalue weighted by molar-refractivity contribution is 0.280. The Kier molecular flexibility index (Phi) is 3.77. The summed E-state index contributed by atoms with van der Waals surface area (Å²) in [6, 6.07) is 1.45. The maximum atomic E-state index is 12.4. The number of pyridine rings is 1. The fraction of sp³-hybridized carbons (Fsp3) is 0.643. The Morgan fingerprint density at radius 1 is 1.40 bits per heavy atom. The van der Waals surface area contributed by atoms with Gasteiger partial charge in [0.05, 0.1) is 5.02 Å². The molecule has 0 radical (unpaired) electrons. The average molecular weight is 315 g/mol. The van der Waals surface area contributed by atoms with Gasteiger partial charge < -0.3 is 0 Å². The number of sulfonamides is 1. The third kappa shape index (κ3) is 2.59. The van der Waals surface area contributed by atoms with Crippen LogP contribution in [0.3, 0.4) is 0 Å². The van der Waals surface area contributed by atoms with Crippen LogP contribution in [0.25, 0.3) is 0 Å². The Morgan fingerprint density at radius 2 is 2.20 bits per heavy atom. The summed E-state index contributed by atoms with van der Waals surface area (Å²) in [4.78, 5) is 3.92. The van der Waals surface area contributed by atoms with Gasteiger partial charge in [-0.05, 0) is 50.0 Å². The minimum Gasteiger partial charge on any atom is -0.263 e. The van der Waals surface area contributed by atoms with Gasteiger partial charge in [0.25, 0.3) is 0 Å². The van der Waals surface area contributed by atoms with E-state index in [1.54, 1.807) is 0 Å². The second kappa shape index (κ2) is 5.28. The molecule has 0 saturated heterocycles. The lowest BCUT2D eigenvalue weighted by Gasteiger charge is -2.28. The average Bonchev–Trinajstić information content (AvgIpc) is 3.00. The van der Waals surface area contributed by atoms with Gasteiger partial charge in [0, 0.05) is 18.4 Å². The van der Waals surface area contributed by atoms with Crippen molar-refractivity contribution in [3.8, 4) is 0 Å². The number of halogens is 1. The smallest absolute Gasteiger partial charge is 0.243 e. The third-order valence-electron chi connectivity index (χ3n) is 4.80. The molecule has 0 aromatic carbocycles. The maximum absolute atomic E-state index is 12.4. The number of rotatable bonds is 4. The molecule has 2 bridgehead atoms. The predicted molar refractivity (Wildman–Crippen MR) is 78.0 cm³/mol. The summed E-state index contributed by atoms with van der Waals surface area (Å²) in [5.41, 5.74) is 0. The summed E-state index contributed by atoms with van der Waals surface area (Å²) < 4.78 is 27.6. The Hall–Kier alpha value is -0.650. The Morgan fingerprint density at radius 3 is 2.80 bits per heavy atom. The van der Waals surface area contributed by atoms with E-state index in [9.17, 15) is 8.42 Å². The molecule has 110 valence electrons. The first-order valence-corrected chi connectivity index (χ1v) is 8.95. The van der Waals surface area contributed by atoms with E-state index in [1.807, 2.05) is 6.92 Å². The van der Waals surface area contributed by atoms with Crippen molar-refractivity contribution in [3.63, 3.8) is 0 Å². The monoisotopic (exact) mass is 314 g/mol. The first-order chi connectivity index (χ1) is 9.47. The molecule has 1 aromatic heterocycles. The van der Waals surface area contributed by atoms with E-state index in [1.165, 1.54) is 37.7 Å². The van der Waals surface area contributed by atoms with Gasteiger partial charge in [-0.1, -0.05) is 18.0 Å². The maximum Gasteiger partial charge on any atom is 0.243 e. The molecule has 6 heteroatoms. The molecule has 4 nitrogen and oxygen atoms in total. The van der Waals surface area contributed by atoms with Gasteiger partial charge in [0.15, 0.2) is 0 Å². The molecule has 2 saturated carbocycles. The van der Waals surface area contributed by atoms with E-state index in [0.717, 1.165) is 12.3 Å². The van der Waals surface area contributed by atoms with E-state index >= 15 is 0 Å². The fourth-order valence-corrected chi connectivity index (χ4v) is 5.59. The van der Waals surface area contributed by atoms with E-state index in [0.29, 0.717) is 11.8 Å². The quantitative estimate of drug-likeness (QED) is 0.929. The molecule has 1 N–H and O–H groups in total. The molecule has 0 amide bonds. The standard InChI is InChI=1S/C14H19ClN2O2S/c1-9(12-7-10-2-3-11(12)6-10)17-20(18,19)14-8-16-5-4-13(14)15/h4-5,8-12,17H,2-3,6-7H2,1H3. The third-order valence-corrected chi connectivity index (χ3v) is 6.83. The Bertz CT molecular complexity index is 605. The van der Waals surface area contributed by atoms with E-state index in [2.05, 4.69) is 9.71 Å². The van der Waals surface area contributed by atoms with Crippen LogP contribution in [0.1, 0.15) is 32.6 Å². The van der Waals surface area contributed by atoms with Crippen molar-refractivity contribution in [3.05, 3.63) is 23.5 Å². The van der Waals surface area contributed by atoms with Crippen molar-refractivity contribution in [2.45, 2.75) is 43.5 Å². The Labute approximate surface area is 125 Å². The molecule has 1 heterocycles. The van der Waals surface area contributed by atoms with Gasteiger partial charge in [0.2, 0.25) is 10.0 Å². The van der Waals surface area contributed by atoms with Gasteiger partial charge in [0.1, 0.15) is 4.90 Å².